The van der Waals surface area contributed by atoms with E-state index in [1.807, 2.05) is 18.2 Å². The number of fused-ring (bicyclic) bond motifs is 1. The standard InChI is InChI=1S/C14H14N2O2/c1-2-9-5-13(17)16(8-9)11-4-3-10-7-15-14(18)12(10)6-11/h2-4,6,9H,1,5,7-8H2,(H,15,18). The first kappa shape index (κ1) is 11.0. The van der Waals surface area contributed by atoms with Crippen LogP contribution in [0.3, 0.4) is 0 Å². The van der Waals surface area contributed by atoms with Gasteiger partial charge in [-0.05, 0) is 17.7 Å². The topological polar surface area (TPSA) is 49.4 Å². The lowest BCUT2D eigenvalue weighted by Gasteiger charge is -2.16. The van der Waals surface area contributed by atoms with Crippen molar-refractivity contribution in [3.63, 3.8) is 0 Å². The van der Waals surface area contributed by atoms with Crippen molar-refractivity contribution >= 4 is 17.5 Å². The third-order valence-corrected chi connectivity index (χ3v) is 3.58. The van der Waals surface area contributed by atoms with Crippen molar-refractivity contribution in [3.8, 4) is 0 Å². The summed E-state index contributed by atoms with van der Waals surface area (Å²) < 4.78 is 0. The van der Waals surface area contributed by atoms with E-state index in [4.69, 9.17) is 0 Å². The normalized spacial score (nSPS) is 22.0. The van der Waals surface area contributed by atoms with Crippen molar-refractivity contribution in [2.24, 2.45) is 5.92 Å². The Hall–Kier alpha value is -2.10. The number of carbonyl (C=O) groups is 2. The second-order valence-electron chi connectivity index (χ2n) is 4.73. The van der Waals surface area contributed by atoms with Gasteiger partial charge in [-0.3, -0.25) is 9.59 Å². The van der Waals surface area contributed by atoms with E-state index in [-0.39, 0.29) is 17.7 Å². The SMILES string of the molecule is C=CC1CC(=O)N(c2ccc3c(c2)C(=O)NC3)C1. The van der Waals surface area contributed by atoms with E-state index >= 15 is 0 Å². The van der Waals surface area contributed by atoms with Crippen LogP contribution in [0, 0.1) is 5.92 Å². The molecule has 0 saturated carbocycles. The first-order chi connectivity index (χ1) is 8.69. The van der Waals surface area contributed by atoms with E-state index in [1.165, 1.54) is 0 Å². The van der Waals surface area contributed by atoms with Crippen molar-refractivity contribution in [1.29, 1.82) is 0 Å². The fraction of sp³-hybridized carbons (Fsp3) is 0.286. The Morgan fingerprint density at radius 2 is 2.22 bits per heavy atom. The number of hydrogen-bond donors (Lipinski definition) is 1. The lowest BCUT2D eigenvalue weighted by molar-refractivity contribution is -0.117. The molecule has 1 atom stereocenters. The van der Waals surface area contributed by atoms with E-state index in [9.17, 15) is 9.59 Å². The highest BCUT2D eigenvalue weighted by molar-refractivity contribution is 6.01. The smallest absolute Gasteiger partial charge is 0.251 e. The lowest BCUT2D eigenvalue weighted by Crippen LogP contribution is -2.24. The molecule has 1 fully saturated rings. The number of carbonyl (C=O) groups excluding carboxylic acids is 2. The Labute approximate surface area is 105 Å². The van der Waals surface area contributed by atoms with Gasteiger partial charge in [-0.15, -0.1) is 6.58 Å². The summed E-state index contributed by atoms with van der Waals surface area (Å²) in [5.74, 6) is 0.247. The van der Waals surface area contributed by atoms with Crippen molar-refractivity contribution in [3.05, 3.63) is 42.0 Å². The van der Waals surface area contributed by atoms with Crippen molar-refractivity contribution in [2.75, 3.05) is 11.4 Å². The maximum atomic E-state index is 11.9. The zero-order valence-electron chi connectivity index (χ0n) is 9.98. The van der Waals surface area contributed by atoms with Gasteiger partial charge < -0.3 is 10.2 Å². The fourth-order valence-electron chi connectivity index (χ4n) is 2.51. The molecule has 1 aromatic rings. The quantitative estimate of drug-likeness (QED) is 0.798. The first-order valence-corrected chi connectivity index (χ1v) is 6.03. The third-order valence-electron chi connectivity index (χ3n) is 3.58. The Balaban J connectivity index is 1.94. The van der Waals surface area contributed by atoms with Crippen molar-refractivity contribution < 1.29 is 9.59 Å². The van der Waals surface area contributed by atoms with Crippen LogP contribution in [0.2, 0.25) is 0 Å². The summed E-state index contributed by atoms with van der Waals surface area (Å²) in [6.45, 7) is 4.97. The highest BCUT2D eigenvalue weighted by Gasteiger charge is 2.30. The van der Waals surface area contributed by atoms with Gasteiger partial charge in [0.1, 0.15) is 0 Å². The first-order valence-electron chi connectivity index (χ1n) is 6.03. The van der Waals surface area contributed by atoms with E-state index in [0.717, 1.165) is 11.3 Å². The Morgan fingerprint density at radius 3 is 2.94 bits per heavy atom. The number of hydrogen-bond acceptors (Lipinski definition) is 2. The van der Waals surface area contributed by atoms with Gasteiger partial charge in [-0.1, -0.05) is 12.1 Å². The van der Waals surface area contributed by atoms with Gasteiger partial charge in [-0.25, -0.2) is 0 Å². The maximum absolute atomic E-state index is 11.9. The number of amides is 2. The van der Waals surface area contributed by atoms with Gasteiger partial charge in [0, 0.05) is 36.7 Å². The molecule has 2 amide bonds. The summed E-state index contributed by atoms with van der Waals surface area (Å²) in [7, 11) is 0. The van der Waals surface area contributed by atoms with Crippen molar-refractivity contribution in [2.45, 2.75) is 13.0 Å². The predicted molar refractivity (Wildman–Crippen MR) is 68.3 cm³/mol. The van der Waals surface area contributed by atoms with Crippen molar-refractivity contribution in [1.82, 2.24) is 5.32 Å². The van der Waals surface area contributed by atoms with E-state index in [2.05, 4.69) is 11.9 Å². The minimum absolute atomic E-state index is 0.0567. The van der Waals surface area contributed by atoms with Crippen LogP contribution in [-0.2, 0) is 11.3 Å². The highest BCUT2D eigenvalue weighted by atomic mass is 16.2. The maximum Gasteiger partial charge on any atom is 0.251 e. The Bertz CT molecular complexity index is 551. The molecule has 1 aromatic carbocycles. The predicted octanol–water partition coefficient (Wildman–Crippen LogP) is 1.47. The molecule has 18 heavy (non-hydrogen) atoms. The van der Waals surface area contributed by atoms with Crippen LogP contribution in [0.1, 0.15) is 22.3 Å². The largest absolute Gasteiger partial charge is 0.348 e. The molecule has 92 valence electrons. The fourth-order valence-corrected chi connectivity index (χ4v) is 2.51. The number of anilines is 1. The number of benzene rings is 1. The van der Waals surface area contributed by atoms with Gasteiger partial charge >= 0.3 is 0 Å². The van der Waals surface area contributed by atoms with Gasteiger partial charge in [-0.2, -0.15) is 0 Å². The summed E-state index contributed by atoms with van der Waals surface area (Å²) in [4.78, 5) is 25.2. The van der Waals surface area contributed by atoms with E-state index in [1.54, 1.807) is 11.0 Å². The molecule has 1 unspecified atom stereocenters. The molecule has 2 heterocycles. The zero-order chi connectivity index (χ0) is 12.7. The van der Waals surface area contributed by atoms with Crippen LogP contribution >= 0.6 is 0 Å². The second kappa shape index (κ2) is 3.98. The van der Waals surface area contributed by atoms with Crippen LogP contribution in [0.15, 0.2) is 30.9 Å². The van der Waals surface area contributed by atoms with Crippen LogP contribution in [0.25, 0.3) is 0 Å². The molecule has 0 bridgehead atoms. The molecule has 4 heteroatoms. The van der Waals surface area contributed by atoms with Gasteiger partial charge in [0.15, 0.2) is 0 Å². The highest BCUT2D eigenvalue weighted by Crippen LogP contribution is 2.28. The molecule has 2 aliphatic heterocycles. The van der Waals surface area contributed by atoms with Gasteiger partial charge in [0.2, 0.25) is 5.91 Å². The molecule has 0 spiro atoms. The van der Waals surface area contributed by atoms with Crippen LogP contribution in [-0.4, -0.2) is 18.4 Å². The average Bonchev–Trinajstić information content (AvgIpc) is 2.93. The Morgan fingerprint density at radius 1 is 1.39 bits per heavy atom. The van der Waals surface area contributed by atoms with Crippen LogP contribution in [0.5, 0.6) is 0 Å². The minimum Gasteiger partial charge on any atom is -0.348 e. The lowest BCUT2D eigenvalue weighted by atomic mass is 10.1. The van der Waals surface area contributed by atoms with Crippen LogP contribution in [0.4, 0.5) is 5.69 Å². The average molecular weight is 242 g/mol. The second-order valence-corrected chi connectivity index (χ2v) is 4.73. The molecular formula is C14H14N2O2. The summed E-state index contributed by atoms with van der Waals surface area (Å²) in [6, 6.07) is 5.63. The van der Waals surface area contributed by atoms with Gasteiger partial charge in [0.25, 0.3) is 5.91 Å². The monoisotopic (exact) mass is 242 g/mol. The molecule has 0 aliphatic carbocycles. The molecular weight excluding hydrogens is 228 g/mol. The number of nitrogens with one attached hydrogen (secondary N) is 1. The minimum atomic E-state index is -0.0567. The molecule has 0 aromatic heterocycles. The number of rotatable bonds is 2. The molecule has 1 saturated heterocycles. The van der Waals surface area contributed by atoms with E-state index < -0.39 is 0 Å². The van der Waals surface area contributed by atoms with E-state index in [0.29, 0.717) is 25.1 Å². The summed E-state index contributed by atoms with van der Waals surface area (Å²) >= 11 is 0. The number of nitrogens with zero attached hydrogens (tertiary/aromatic N) is 1. The summed E-state index contributed by atoms with van der Waals surface area (Å²) in [6.07, 6.45) is 2.32. The zero-order valence-corrected chi connectivity index (χ0v) is 9.98. The third kappa shape index (κ3) is 1.61. The molecule has 1 N–H and O–H groups in total. The molecule has 4 nitrogen and oxygen atoms in total. The summed E-state index contributed by atoms with van der Waals surface area (Å²) in [5.41, 5.74) is 2.48. The van der Waals surface area contributed by atoms with Gasteiger partial charge in [0.05, 0.1) is 0 Å². The summed E-state index contributed by atoms with van der Waals surface area (Å²) in [5, 5.41) is 2.78. The Kier molecular flexibility index (Phi) is 2.44. The van der Waals surface area contributed by atoms with Crippen LogP contribution < -0.4 is 10.2 Å². The molecule has 3 rings (SSSR count). The molecule has 2 aliphatic rings. The molecule has 0 radical (unpaired) electrons.